The summed E-state index contributed by atoms with van der Waals surface area (Å²) < 4.78 is 0. The Kier molecular flexibility index (Phi) is 4.55. The van der Waals surface area contributed by atoms with Crippen LogP contribution >= 0.6 is 11.3 Å². The van der Waals surface area contributed by atoms with Gasteiger partial charge in [-0.25, -0.2) is 10.4 Å². The number of nitrogens with zero attached hydrogens (tertiary/aromatic N) is 5. The van der Waals surface area contributed by atoms with Crippen LogP contribution in [0.4, 0.5) is 5.69 Å². The third-order valence-corrected chi connectivity index (χ3v) is 3.04. The summed E-state index contributed by atoms with van der Waals surface area (Å²) in [6.07, 6.45) is 1.74. The number of hydrogen-bond acceptors (Lipinski definition) is 6. The fourth-order valence-electron chi connectivity index (χ4n) is 1.42. The minimum Gasteiger partial charge on any atom is -0.248 e. The second-order valence-electron chi connectivity index (χ2n) is 3.51. The summed E-state index contributed by atoms with van der Waals surface area (Å²) in [5, 5.41) is 21.3. The molecule has 2 aromatic rings. The molecular weight excluding hydrogens is 260 g/mol. The third kappa shape index (κ3) is 3.58. The Morgan fingerprint density at radius 2 is 2.42 bits per heavy atom. The average Bonchev–Trinajstić information content (AvgIpc) is 2.97. The van der Waals surface area contributed by atoms with Gasteiger partial charge in [0.2, 0.25) is 0 Å². The summed E-state index contributed by atoms with van der Waals surface area (Å²) in [7, 11) is 1.74. The molecular formula is C12H12N6S. The van der Waals surface area contributed by atoms with Crippen LogP contribution in [0.1, 0.15) is 10.6 Å². The lowest BCUT2D eigenvalue weighted by molar-refractivity contribution is 0.680. The average molecular weight is 272 g/mol. The second-order valence-corrected chi connectivity index (χ2v) is 4.49. The number of aromatic nitrogens is 1. The first kappa shape index (κ1) is 13.1. The molecule has 1 heterocycles. The highest BCUT2D eigenvalue weighted by Crippen LogP contribution is 2.15. The smallest absolute Gasteiger partial charge is 0.116 e. The largest absolute Gasteiger partial charge is 0.248 e. The van der Waals surface area contributed by atoms with Crippen molar-refractivity contribution in [2.24, 2.45) is 10.3 Å². The molecule has 0 aliphatic carbocycles. The Morgan fingerprint density at radius 1 is 1.53 bits per heavy atom. The number of nitrogens with one attached hydrogen (secondary N) is 1. The molecule has 0 spiro atoms. The van der Waals surface area contributed by atoms with Crippen molar-refractivity contribution in [3.05, 3.63) is 46.4 Å². The maximum atomic E-state index is 8.87. The highest BCUT2D eigenvalue weighted by Gasteiger charge is 2.03. The predicted octanol–water partition coefficient (Wildman–Crippen LogP) is 2.52. The molecule has 0 bridgehead atoms. The molecule has 0 amide bonds. The summed E-state index contributed by atoms with van der Waals surface area (Å²) >= 11 is 1.54. The van der Waals surface area contributed by atoms with Crippen LogP contribution < -0.4 is 10.5 Å². The molecule has 0 saturated carbocycles. The minimum atomic E-state index is 0.438. The van der Waals surface area contributed by atoms with Crippen LogP contribution in [-0.2, 0) is 6.54 Å². The number of hydrazine groups is 1. The summed E-state index contributed by atoms with van der Waals surface area (Å²) in [5.74, 6) is 0. The van der Waals surface area contributed by atoms with E-state index in [0.29, 0.717) is 12.1 Å². The van der Waals surface area contributed by atoms with E-state index in [9.17, 15) is 0 Å². The van der Waals surface area contributed by atoms with E-state index >= 15 is 0 Å². The minimum absolute atomic E-state index is 0.438. The molecule has 0 radical (unpaired) electrons. The molecule has 1 aromatic heterocycles. The van der Waals surface area contributed by atoms with Crippen LogP contribution in [0.2, 0.25) is 0 Å². The molecule has 0 saturated heterocycles. The Balaban J connectivity index is 2.07. The van der Waals surface area contributed by atoms with Crippen molar-refractivity contribution in [1.82, 2.24) is 10.4 Å². The molecule has 2 rings (SSSR count). The Hall–Kier alpha value is -2.30. The maximum Gasteiger partial charge on any atom is 0.116 e. The van der Waals surface area contributed by atoms with Crippen LogP contribution in [0.5, 0.6) is 0 Å². The lowest BCUT2D eigenvalue weighted by Gasteiger charge is -2.15. The van der Waals surface area contributed by atoms with Gasteiger partial charge >= 0.3 is 0 Å². The van der Waals surface area contributed by atoms with Crippen molar-refractivity contribution in [3.8, 4) is 6.07 Å². The topological polar surface area (TPSA) is 76.7 Å². The summed E-state index contributed by atoms with van der Waals surface area (Å²) in [5.41, 5.74) is 4.23. The summed E-state index contributed by atoms with van der Waals surface area (Å²) in [6.45, 7) is 0.438. The van der Waals surface area contributed by atoms with Crippen LogP contribution in [-0.4, -0.2) is 12.0 Å². The number of rotatable bonds is 5. The SMILES string of the molecule is CNN(N=NCc1nccs1)c1cccc(C#N)c1. The first-order valence-electron chi connectivity index (χ1n) is 5.57. The molecule has 0 unspecified atom stereocenters. The van der Waals surface area contributed by atoms with E-state index in [4.69, 9.17) is 5.26 Å². The molecule has 0 aliphatic heterocycles. The Bertz CT molecular complexity index is 587. The van der Waals surface area contributed by atoms with E-state index in [-0.39, 0.29) is 0 Å². The van der Waals surface area contributed by atoms with E-state index < -0.39 is 0 Å². The standard InChI is InChI=1S/C12H12N6S/c1-14-18(11-4-2-3-10(7-11)8-13)17-16-9-12-15-5-6-19-12/h2-7,14H,9H2,1H3. The molecule has 0 atom stereocenters. The first-order chi connectivity index (χ1) is 9.33. The van der Waals surface area contributed by atoms with Gasteiger partial charge in [0.25, 0.3) is 0 Å². The molecule has 7 heteroatoms. The van der Waals surface area contributed by atoms with E-state index in [1.165, 1.54) is 16.5 Å². The van der Waals surface area contributed by atoms with Gasteiger partial charge in [-0.3, -0.25) is 0 Å². The van der Waals surface area contributed by atoms with Crippen molar-refractivity contribution in [2.75, 3.05) is 12.2 Å². The molecule has 1 aromatic carbocycles. The van der Waals surface area contributed by atoms with E-state index in [2.05, 4.69) is 26.8 Å². The number of nitriles is 1. The van der Waals surface area contributed by atoms with Crippen molar-refractivity contribution in [2.45, 2.75) is 6.54 Å². The molecule has 96 valence electrons. The molecule has 6 nitrogen and oxygen atoms in total. The lowest BCUT2D eigenvalue weighted by atomic mass is 10.2. The van der Waals surface area contributed by atoms with Gasteiger partial charge in [0.05, 0.1) is 17.3 Å². The van der Waals surface area contributed by atoms with Crippen molar-refractivity contribution in [1.29, 1.82) is 5.26 Å². The van der Waals surface area contributed by atoms with Crippen LogP contribution in [0.15, 0.2) is 46.2 Å². The molecule has 1 N–H and O–H groups in total. The van der Waals surface area contributed by atoms with Crippen molar-refractivity contribution < 1.29 is 0 Å². The van der Waals surface area contributed by atoms with Crippen LogP contribution in [0.3, 0.4) is 0 Å². The fourth-order valence-corrected chi connectivity index (χ4v) is 1.95. The highest BCUT2D eigenvalue weighted by molar-refractivity contribution is 7.09. The zero-order valence-electron chi connectivity index (χ0n) is 10.3. The number of benzene rings is 1. The predicted molar refractivity (Wildman–Crippen MR) is 73.4 cm³/mol. The van der Waals surface area contributed by atoms with E-state index in [0.717, 1.165) is 10.7 Å². The van der Waals surface area contributed by atoms with Crippen LogP contribution in [0.25, 0.3) is 0 Å². The monoisotopic (exact) mass is 272 g/mol. The first-order valence-corrected chi connectivity index (χ1v) is 6.45. The van der Waals surface area contributed by atoms with E-state index in [1.54, 1.807) is 31.4 Å². The van der Waals surface area contributed by atoms with Gasteiger partial charge in [0.1, 0.15) is 11.6 Å². The maximum absolute atomic E-state index is 8.87. The van der Waals surface area contributed by atoms with Gasteiger partial charge in [0.15, 0.2) is 0 Å². The number of anilines is 1. The zero-order chi connectivity index (χ0) is 13.5. The second kappa shape index (κ2) is 6.58. The normalized spacial score (nSPS) is 10.5. The van der Waals surface area contributed by atoms with Crippen molar-refractivity contribution in [3.63, 3.8) is 0 Å². The van der Waals surface area contributed by atoms with Gasteiger partial charge in [0, 0.05) is 18.6 Å². The molecule has 0 fully saturated rings. The van der Waals surface area contributed by atoms with E-state index in [1.807, 2.05) is 11.4 Å². The zero-order valence-corrected chi connectivity index (χ0v) is 11.1. The number of hydrogen-bond donors (Lipinski definition) is 1. The number of thiazole rings is 1. The summed E-state index contributed by atoms with van der Waals surface area (Å²) in [4.78, 5) is 4.12. The van der Waals surface area contributed by atoms with Crippen LogP contribution in [0, 0.1) is 11.3 Å². The Labute approximate surface area is 115 Å². The quantitative estimate of drug-likeness (QED) is 0.670. The third-order valence-electron chi connectivity index (χ3n) is 2.27. The molecule has 19 heavy (non-hydrogen) atoms. The Morgan fingerprint density at radius 3 is 3.11 bits per heavy atom. The highest BCUT2D eigenvalue weighted by atomic mass is 32.1. The molecule has 0 aliphatic rings. The van der Waals surface area contributed by atoms with Gasteiger partial charge in [-0.2, -0.15) is 15.5 Å². The van der Waals surface area contributed by atoms with Gasteiger partial charge < -0.3 is 0 Å². The van der Waals surface area contributed by atoms with Gasteiger partial charge in [-0.1, -0.05) is 11.3 Å². The fraction of sp³-hybridized carbons (Fsp3) is 0.167. The van der Waals surface area contributed by atoms with Gasteiger partial charge in [-0.05, 0) is 18.2 Å². The summed E-state index contributed by atoms with van der Waals surface area (Å²) in [6, 6.07) is 9.21. The lowest BCUT2D eigenvalue weighted by Crippen LogP contribution is -2.29. The van der Waals surface area contributed by atoms with Crippen molar-refractivity contribution >= 4 is 17.0 Å². The van der Waals surface area contributed by atoms with Gasteiger partial charge in [-0.15, -0.1) is 11.3 Å².